The van der Waals surface area contributed by atoms with Crippen molar-refractivity contribution < 1.29 is 14.7 Å². The summed E-state index contributed by atoms with van der Waals surface area (Å²) in [6.45, 7) is 3.78. The van der Waals surface area contributed by atoms with Gasteiger partial charge in [-0.15, -0.1) is 24.0 Å². The maximum absolute atomic E-state index is 12.7. The van der Waals surface area contributed by atoms with Crippen LogP contribution in [0.5, 0.6) is 0 Å². The quantitative estimate of drug-likeness (QED) is 0.111. The smallest absolute Gasteiger partial charge is 0.233 e. The van der Waals surface area contributed by atoms with Gasteiger partial charge in [0.05, 0.1) is 18.4 Å². The molecular formula is C23H30ClIN4O3. The predicted octanol–water partition coefficient (Wildman–Crippen LogP) is 2.74. The molecule has 2 aliphatic carbocycles. The molecule has 0 spiro atoms. The van der Waals surface area contributed by atoms with Gasteiger partial charge in [0.25, 0.3) is 0 Å². The van der Waals surface area contributed by atoms with Gasteiger partial charge in [0.15, 0.2) is 5.96 Å². The Hall–Kier alpha value is -1.65. The van der Waals surface area contributed by atoms with E-state index >= 15 is 0 Å². The highest BCUT2D eigenvalue weighted by Crippen LogP contribution is 2.52. The summed E-state index contributed by atoms with van der Waals surface area (Å²) >= 11 is 6.14. The van der Waals surface area contributed by atoms with E-state index in [4.69, 9.17) is 11.6 Å². The minimum Gasteiger partial charge on any atom is -0.386 e. The summed E-state index contributed by atoms with van der Waals surface area (Å²) in [5, 5.41) is 17.2. The molecule has 9 heteroatoms. The number of nitrogens with zero attached hydrogens (tertiary/aromatic N) is 2. The molecule has 7 nitrogen and oxygen atoms in total. The number of imide groups is 1. The number of nitrogens with one attached hydrogen (secondary N) is 2. The Labute approximate surface area is 210 Å². The van der Waals surface area contributed by atoms with Crippen LogP contribution in [-0.2, 0) is 9.59 Å². The number of aliphatic hydroxyl groups is 1. The highest BCUT2D eigenvalue weighted by molar-refractivity contribution is 14.0. The number of carbonyl (C=O) groups is 2. The third-order valence-corrected chi connectivity index (χ3v) is 6.79. The van der Waals surface area contributed by atoms with E-state index in [1.807, 2.05) is 19.1 Å². The third kappa shape index (κ3) is 4.97. The molecule has 1 saturated heterocycles. The number of likely N-dealkylation sites (tertiary alicyclic amines) is 1. The molecule has 1 aromatic rings. The number of amides is 2. The molecule has 2 bridgehead atoms. The first-order valence-electron chi connectivity index (χ1n) is 11.0. The Morgan fingerprint density at radius 3 is 2.47 bits per heavy atom. The van der Waals surface area contributed by atoms with Crippen LogP contribution in [0.15, 0.2) is 41.4 Å². The SMILES string of the molecule is CCNC(=NCC(O)c1ccccc1Cl)NCCCN1C(=O)C2C3C=CC(C3)C2C1=O.I. The molecule has 2 fully saturated rings. The minimum absolute atomic E-state index is 0. The van der Waals surface area contributed by atoms with Gasteiger partial charge < -0.3 is 15.7 Å². The first kappa shape index (κ1) is 25.0. The molecule has 2 amide bonds. The number of hydrogen-bond acceptors (Lipinski definition) is 4. The highest BCUT2D eigenvalue weighted by Gasteiger charge is 2.58. The van der Waals surface area contributed by atoms with E-state index in [-0.39, 0.29) is 66.0 Å². The Morgan fingerprint density at radius 1 is 1.19 bits per heavy atom. The van der Waals surface area contributed by atoms with E-state index in [0.717, 1.165) is 6.42 Å². The third-order valence-electron chi connectivity index (χ3n) is 6.44. The van der Waals surface area contributed by atoms with Crippen molar-refractivity contribution in [1.82, 2.24) is 15.5 Å². The van der Waals surface area contributed by atoms with Gasteiger partial charge in [-0.2, -0.15) is 0 Å². The van der Waals surface area contributed by atoms with Crippen LogP contribution >= 0.6 is 35.6 Å². The molecule has 1 saturated carbocycles. The van der Waals surface area contributed by atoms with E-state index in [9.17, 15) is 14.7 Å². The van der Waals surface area contributed by atoms with Crippen molar-refractivity contribution in [2.75, 3.05) is 26.2 Å². The van der Waals surface area contributed by atoms with Crippen molar-refractivity contribution in [2.24, 2.45) is 28.7 Å². The molecule has 0 radical (unpaired) electrons. The summed E-state index contributed by atoms with van der Waals surface area (Å²) in [7, 11) is 0. The van der Waals surface area contributed by atoms with Crippen LogP contribution in [0.25, 0.3) is 0 Å². The van der Waals surface area contributed by atoms with Crippen LogP contribution in [-0.4, -0.2) is 54.0 Å². The van der Waals surface area contributed by atoms with Gasteiger partial charge in [0.1, 0.15) is 6.10 Å². The van der Waals surface area contributed by atoms with Crippen molar-refractivity contribution in [1.29, 1.82) is 0 Å². The van der Waals surface area contributed by atoms with Gasteiger partial charge in [-0.3, -0.25) is 19.5 Å². The van der Waals surface area contributed by atoms with Crippen LogP contribution in [0.3, 0.4) is 0 Å². The average Bonchev–Trinajstić information content (AvgIpc) is 3.44. The summed E-state index contributed by atoms with van der Waals surface area (Å²) in [4.78, 5) is 31.4. The molecule has 0 aromatic heterocycles. The molecular weight excluding hydrogens is 543 g/mol. The normalized spacial score (nSPS) is 26.8. The lowest BCUT2D eigenvalue weighted by Crippen LogP contribution is -2.40. The van der Waals surface area contributed by atoms with E-state index in [1.165, 1.54) is 4.90 Å². The Balaban J connectivity index is 0.00000289. The average molecular weight is 573 g/mol. The first-order chi connectivity index (χ1) is 15.0. The molecule has 4 rings (SSSR count). The Bertz CT molecular complexity index is 879. The first-order valence-corrected chi connectivity index (χ1v) is 11.4. The second-order valence-electron chi connectivity index (χ2n) is 8.37. The van der Waals surface area contributed by atoms with Crippen molar-refractivity contribution in [3.63, 3.8) is 0 Å². The highest BCUT2D eigenvalue weighted by atomic mass is 127. The molecule has 174 valence electrons. The van der Waals surface area contributed by atoms with Crippen LogP contribution in [0.1, 0.15) is 31.4 Å². The monoisotopic (exact) mass is 572 g/mol. The second-order valence-corrected chi connectivity index (χ2v) is 8.77. The Kier molecular flexibility index (Phi) is 8.57. The number of hydrogen-bond donors (Lipinski definition) is 3. The lowest BCUT2D eigenvalue weighted by Gasteiger charge is -2.18. The minimum atomic E-state index is -0.799. The summed E-state index contributed by atoms with van der Waals surface area (Å²) in [6.07, 6.45) is 5.01. The molecule has 3 aliphatic rings. The number of benzene rings is 1. The summed E-state index contributed by atoms with van der Waals surface area (Å²) in [5.41, 5.74) is 0.642. The van der Waals surface area contributed by atoms with Crippen LogP contribution in [0, 0.1) is 23.7 Å². The Morgan fingerprint density at radius 2 is 1.84 bits per heavy atom. The number of fused-ring (bicyclic) bond motifs is 5. The number of carbonyl (C=O) groups excluding carboxylic acids is 2. The fourth-order valence-corrected chi connectivity index (χ4v) is 5.25. The van der Waals surface area contributed by atoms with Crippen molar-refractivity contribution in [3.8, 4) is 0 Å². The van der Waals surface area contributed by atoms with Gasteiger partial charge in [0, 0.05) is 30.2 Å². The second kappa shape index (κ2) is 11.0. The topological polar surface area (TPSA) is 94.0 Å². The standard InChI is InChI=1S/C23H29ClN4O3.HI/c1-2-25-23(27-13-18(29)16-6-3-4-7-17(16)24)26-10-5-11-28-21(30)19-14-8-9-15(12-14)20(19)22(28)31;/h3-4,6-9,14-15,18-20,29H,2,5,10-13H2,1H3,(H2,25,26,27);1H. The number of aliphatic hydroxyl groups excluding tert-OH is 1. The van der Waals surface area contributed by atoms with Crippen molar-refractivity contribution >= 4 is 53.4 Å². The molecule has 32 heavy (non-hydrogen) atoms. The van der Waals surface area contributed by atoms with E-state index in [1.54, 1.807) is 12.1 Å². The lowest BCUT2D eigenvalue weighted by molar-refractivity contribution is -0.140. The zero-order valence-electron chi connectivity index (χ0n) is 18.0. The molecule has 1 heterocycles. The summed E-state index contributed by atoms with van der Waals surface area (Å²) < 4.78 is 0. The zero-order chi connectivity index (χ0) is 22.0. The molecule has 5 atom stereocenters. The number of guanidine groups is 1. The van der Waals surface area contributed by atoms with Crippen LogP contribution in [0.4, 0.5) is 0 Å². The van der Waals surface area contributed by atoms with Gasteiger partial charge in [-0.25, -0.2) is 0 Å². The number of rotatable bonds is 8. The number of aliphatic imine (C=N–C) groups is 1. The molecule has 5 unspecified atom stereocenters. The molecule has 1 aromatic carbocycles. The van der Waals surface area contributed by atoms with E-state index in [2.05, 4.69) is 27.8 Å². The summed E-state index contributed by atoms with van der Waals surface area (Å²) in [5.74, 6) is 0.775. The fourth-order valence-electron chi connectivity index (χ4n) is 4.99. The number of halogens is 2. The zero-order valence-corrected chi connectivity index (χ0v) is 21.1. The van der Waals surface area contributed by atoms with E-state index in [0.29, 0.717) is 42.6 Å². The van der Waals surface area contributed by atoms with Gasteiger partial charge >= 0.3 is 0 Å². The lowest BCUT2D eigenvalue weighted by atomic mass is 9.85. The molecule has 1 aliphatic heterocycles. The summed E-state index contributed by atoms with van der Waals surface area (Å²) in [6, 6.07) is 7.17. The number of allylic oxidation sites excluding steroid dienone is 2. The van der Waals surface area contributed by atoms with Crippen LogP contribution in [0.2, 0.25) is 5.02 Å². The van der Waals surface area contributed by atoms with Gasteiger partial charge in [0.2, 0.25) is 11.8 Å². The largest absolute Gasteiger partial charge is 0.386 e. The fraction of sp³-hybridized carbons (Fsp3) is 0.522. The van der Waals surface area contributed by atoms with Gasteiger partial charge in [-0.05, 0) is 37.7 Å². The van der Waals surface area contributed by atoms with Crippen molar-refractivity contribution in [3.05, 3.63) is 47.0 Å². The maximum atomic E-state index is 12.7. The predicted molar refractivity (Wildman–Crippen MR) is 135 cm³/mol. The molecule has 3 N–H and O–H groups in total. The van der Waals surface area contributed by atoms with Crippen LogP contribution < -0.4 is 10.6 Å². The van der Waals surface area contributed by atoms with E-state index < -0.39 is 6.10 Å². The van der Waals surface area contributed by atoms with Crippen molar-refractivity contribution in [2.45, 2.75) is 25.9 Å². The van der Waals surface area contributed by atoms with Gasteiger partial charge in [-0.1, -0.05) is 42.0 Å². The maximum Gasteiger partial charge on any atom is 0.233 e.